The molecule has 2 nitrogen and oxygen atoms in total. The molecule has 1 aliphatic heterocycles. The molecule has 59 valence electrons. The average molecular weight is 151 g/mol. The zero-order chi connectivity index (χ0) is 8.10. The van der Waals surface area contributed by atoms with Crippen molar-refractivity contribution in [2.45, 2.75) is 38.4 Å². The summed E-state index contributed by atoms with van der Waals surface area (Å²) >= 11 is 0. The Morgan fingerprint density at radius 3 is 2.55 bits per heavy atom. The molecule has 0 amide bonds. The predicted molar refractivity (Wildman–Crippen MR) is 43.7 cm³/mol. The van der Waals surface area contributed by atoms with Gasteiger partial charge in [0, 0.05) is 6.42 Å². The van der Waals surface area contributed by atoms with E-state index in [4.69, 9.17) is 0 Å². The number of carbonyl (C=O) groups excluding carboxylic acids is 2. The lowest BCUT2D eigenvalue weighted by atomic mass is 9.67. The van der Waals surface area contributed by atoms with E-state index < -0.39 is 0 Å². The van der Waals surface area contributed by atoms with Crippen LogP contribution in [0.1, 0.15) is 32.1 Å². The summed E-state index contributed by atoms with van der Waals surface area (Å²) in [6.07, 6.45) is 5.42. The summed E-state index contributed by atoms with van der Waals surface area (Å²) in [5.74, 6) is -0.202. The molecular formula is C8H12BO2. The van der Waals surface area contributed by atoms with E-state index in [1.807, 2.05) is 0 Å². The Bertz CT molecular complexity index is 147. The number of hydrogen-bond donors (Lipinski definition) is 0. The molecule has 0 unspecified atom stereocenters. The van der Waals surface area contributed by atoms with Gasteiger partial charge in [-0.05, 0) is 6.42 Å². The molecule has 1 aliphatic rings. The van der Waals surface area contributed by atoms with Gasteiger partial charge >= 0.3 is 0 Å². The highest BCUT2D eigenvalue weighted by Crippen LogP contribution is 2.09. The van der Waals surface area contributed by atoms with E-state index in [1.165, 1.54) is 7.28 Å². The first kappa shape index (κ1) is 8.50. The van der Waals surface area contributed by atoms with Crippen LogP contribution in [0.25, 0.3) is 0 Å². The third kappa shape index (κ3) is 2.87. The minimum atomic E-state index is -0.271. The maximum Gasteiger partial charge on any atom is 0.213 e. The van der Waals surface area contributed by atoms with Crippen molar-refractivity contribution in [1.82, 2.24) is 0 Å². The van der Waals surface area contributed by atoms with E-state index in [-0.39, 0.29) is 11.5 Å². The zero-order valence-electron chi connectivity index (χ0n) is 6.64. The van der Waals surface area contributed by atoms with Crippen LogP contribution < -0.4 is 0 Å². The van der Waals surface area contributed by atoms with Crippen LogP contribution in [-0.4, -0.2) is 18.7 Å². The van der Waals surface area contributed by atoms with Gasteiger partial charge in [-0.15, -0.1) is 0 Å². The molecule has 0 aromatic rings. The fourth-order valence-electron chi connectivity index (χ4n) is 1.25. The SMILES string of the molecule is O=C1[B]CCCCCCC1=O. The summed E-state index contributed by atoms with van der Waals surface area (Å²) in [6.45, 7) is 0. The Kier molecular flexibility index (Phi) is 3.34. The molecule has 0 N–H and O–H groups in total. The van der Waals surface area contributed by atoms with E-state index >= 15 is 0 Å². The topological polar surface area (TPSA) is 34.1 Å². The molecule has 1 radical (unpaired) electrons. The van der Waals surface area contributed by atoms with Crippen LogP contribution in [-0.2, 0) is 9.59 Å². The van der Waals surface area contributed by atoms with Crippen LogP contribution in [0.15, 0.2) is 0 Å². The standard InChI is InChI=1S/C8H12BO2/c10-7-5-3-1-2-4-6-9-8(7)11/h1-6H2. The van der Waals surface area contributed by atoms with Crippen molar-refractivity contribution >= 4 is 18.7 Å². The smallest absolute Gasteiger partial charge is 0.213 e. The number of hydrogen-bond acceptors (Lipinski definition) is 2. The average Bonchev–Trinajstić information content (AvgIpc) is 2.07. The third-order valence-electron chi connectivity index (χ3n) is 1.96. The van der Waals surface area contributed by atoms with E-state index in [2.05, 4.69) is 0 Å². The molecule has 0 spiro atoms. The highest BCUT2D eigenvalue weighted by atomic mass is 16.2. The Labute approximate surface area is 67.6 Å². The minimum Gasteiger partial charge on any atom is -0.303 e. The Hall–Kier alpha value is -0.595. The van der Waals surface area contributed by atoms with Gasteiger partial charge in [-0.25, -0.2) is 0 Å². The van der Waals surface area contributed by atoms with Crippen molar-refractivity contribution in [3.63, 3.8) is 0 Å². The molecule has 1 rings (SSSR count). The quantitative estimate of drug-likeness (QED) is 0.384. The Morgan fingerprint density at radius 2 is 1.73 bits per heavy atom. The van der Waals surface area contributed by atoms with Gasteiger partial charge in [0.25, 0.3) is 0 Å². The molecule has 3 heteroatoms. The number of ketones is 1. The summed E-state index contributed by atoms with van der Waals surface area (Å²) in [5, 5.41) is 0. The monoisotopic (exact) mass is 151 g/mol. The van der Waals surface area contributed by atoms with Gasteiger partial charge in [-0.3, -0.25) is 4.79 Å². The molecular weight excluding hydrogens is 139 g/mol. The molecule has 11 heavy (non-hydrogen) atoms. The highest BCUT2D eigenvalue weighted by Gasteiger charge is 2.14. The van der Waals surface area contributed by atoms with Gasteiger partial charge in [0.15, 0.2) is 5.78 Å². The van der Waals surface area contributed by atoms with Gasteiger partial charge < -0.3 is 4.79 Å². The number of carbonyl (C=O) groups is 2. The van der Waals surface area contributed by atoms with E-state index in [1.54, 1.807) is 0 Å². The van der Waals surface area contributed by atoms with Crippen molar-refractivity contribution in [2.75, 3.05) is 0 Å². The van der Waals surface area contributed by atoms with Crippen LogP contribution in [0, 0.1) is 0 Å². The summed E-state index contributed by atoms with van der Waals surface area (Å²) in [6, 6.07) is 0. The second-order valence-electron chi connectivity index (χ2n) is 2.94. The molecule has 0 saturated carbocycles. The lowest BCUT2D eigenvalue weighted by molar-refractivity contribution is -0.132. The fraction of sp³-hybridized carbons (Fsp3) is 0.750. The van der Waals surface area contributed by atoms with Gasteiger partial charge in [0.2, 0.25) is 7.28 Å². The minimum absolute atomic E-state index is 0.202. The van der Waals surface area contributed by atoms with Crippen molar-refractivity contribution in [1.29, 1.82) is 0 Å². The predicted octanol–water partition coefficient (Wildman–Crippen LogP) is 1.17. The van der Waals surface area contributed by atoms with E-state index in [0.29, 0.717) is 6.42 Å². The van der Waals surface area contributed by atoms with Gasteiger partial charge in [-0.2, -0.15) is 0 Å². The number of rotatable bonds is 0. The normalized spacial score (nSPS) is 21.5. The summed E-state index contributed by atoms with van der Waals surface area (Å²) in [4.78, 5) is 21.9. The van der Waals surface area contributed by atoms with E-state index in [0.717, 1.165) is 32.0 Å². The van der Waals surface area contributed by atoms with Crippen LogP contribution in [0.2, 0.25) is 6.32 Å². The van der Waals surface area contributed by atoms with Crippen molar-refractivity contribution < 1.29 is 9.59 Å². The second-order valence-corrected chi connectivity index (χ2v) is 2.94. The van der Waals surface area contributed by atoms with Crippen molar-refractivity contribution in [2.24, 2.45) is 0 Å². The maximum atomic E-state index is 10.9. The first-order valence-corrected chi connectivity index (χ1v) is 4.21. The van der Waals surface area contributed by atoms with Gasteiger partial charge in [-0.1, -0.05) is 25.6 Å². The lowest BCUT2D eigenvalue weighted by Crippen LogP contribution is -2.19. The molecule has 0 aliphatic carbocycles. The molecule has 1 heterocycles. The van der Waals surface area contributed by atoms with Gasteiger partial charge in [0.1, 0.15) is 5.68 Å². The molecule has 0 atom stereocenters. The highest BCUT2D eigenvalue weighted by molar-refractivity contribution is 6.88. The van der Waals surface area contributed by atoms with Crippen molar-refractivity contribution in [3.8, 4) is 0 Å². The van der Waals surface area contributed by atoms with Crippen molar-refractivity contribution in [3.05, 3.63) is 0 Å². The fourth-order valence-corrected chi connectivity index (χ4v) is 1.25. The van der Waals surface area contributed by atoms with Gasteiger partial charge in [0.05, 0.1) is 0 Å². The van der Waals surface area contributed by atoms with Crippen LogP contribution in [0.3, 0.4) is 0 Å². The summed E-state index contributed by atoms with van der Waals surface area (Å²) in [7, 11) is 1.54. The molecule has 0 aromatic carbocycles. The number of Topliss-reactive ketones (excluding diaryl/α,β-unsaturated/α-hetero) is 1. The molecule has 1 fully saturated rings. The van der Waals surface area contributed by atoms with Crippen LogP contribution >= 0.6 is 0 Å². The largest absolute Gasteiger partial charge is 0.303 e. The maximum absolute atomic E-state index is 10.9. The summed E-state index contributed by atoms with van der Waals surface area (Å²) in [5.41, 5.74) is -0.271. The van der Waals surface area contributed by atoms with Crippen LogP contribution in [0.4, 0.5) is 0 Å². The van der Waals surface area contributed by atoms with Crippen LogP contribution in [0.5, 0.6) is 0 Å². The molecule has 1 saturated heterocycles. The Balaban J connectivity index is 2.42. The Morgan fingerprint density at radius 1 is 1.00 bits per heavy atom. The van der Waals surface area contributed by atoms with E-state index in [9.17, 15) is 9.59 Å². The molecule has 0 aromatic heterocycles. The first-order chi connectivity index (χ1) is 5.30. The lowest BCUT2D eigenvalue weighted by Gasteiger charge is -1.93. The first-order valence-electron chi connectivity index (χ1n) is 4.21. The third-order valence-corrected chi connectivity index (χ3v) is 1.96. The molecule has 0 bridgehead atoms. The second kappa shape index (κ2) is 4.32. The summed E-state index contributed by atoms with van der Waals surface area (Å²) < 4.78 is 0. The zero-order valence-corrected chi connectivity index (χ0v) is 6.64.